The standard InChI is InChI=1S/C19H20ClNO2/c1-2-13-23-18-10-6-4-7-15(18)11-12-19(22)21-14-16-8-3-5-9-17(16)20/h3-12H,2,13-14H2,1H3,(H,21,22)/b12-11+. The van der Waals surface area contributed by atoms with Crippen molar-refractivity contribution in [3.63, 3.8) is 0 Å². The lowest BCUT2D eigenvalue weighted by molar-refractivity contribution is -0.116. The number of halogens is 1. The van der Waals surface area contributed by atoms with Gasteiger partial charge in [-0.2, -0.15) is 0 Å². The Bertz CT molecular complexity index is 683. The predicted molar refractivity (Wildman–Crippen MR) is 94.6 cm³/mol. The molecule has 23 heavy (non-hydrogen) atoms. The van der Waals surface area contributed by atoms with Crippen molar-refractivity contribution >= 4 is 23.6 Å². The lowest BCUT2D eigenvalue weighted by atomic mass is 10.2. The van der Waals surface area contributed by atoms with Gasteiger partial charge < -0.3 is 10.1 Å². The fourth-order valence-electron chi connectivity index (χ4n) is 2.01. The topological polar surface area (TPSA) is 38.3 Å². The summed E-state index contributed by atoms with van der Waals surface area (Å²) >= 11 is 6.06. The van der Waals surface area contributed by atoms with Gasteiger partial charge in [-0.3, -0.25) is 4.79 Å². The first-order chi connectivity index (χ1) is 11.2. The zero-order valence-electron chi connectivity index (χ0n) is 13.1. The van der Waals surface area contributed by atoms with Gasteiger partial charge in [0, 0.05) is 23.2 Å². The van der Waals surface area contributed by atoms with E-state index in [-0.39, 0.29) is 5.91 Å². The molecule has 1 N–H and O–H groups in total. The highest BCUT2D eigenvalue weighted by Crippen LogP contribution is 2.19. The highest BCUT2D eigenvalue weighted by atomic mass is 35.5. The van der Waals surface area contributed by atoms with Crippen molar-refractivity contribution in [2.75, 3.05) is 6.61 Å². The Morgan fingerprint density at radius 3 is 2.70 bits per heavy atom. The Morgan fingerprint density at radius 1 is 1.17 bits per heavy atom. The summed E-state index contributed by atoms with van der Waals surface area (Å²) in [5.74, 6) is 0.611. The summed E-state index contributed by atoms with van der Waals surface area (Å²) in [7, 11) is 0. The summed E-state index contributed by atoms with van der Waals surface area (Å²) in [4.78, 5) is 11.9. The molecule has 0 radical (unpaired) electrons. The number of rotatable bonds is 7. The second-order valence-electron chi connectivity index (χ2n) is 5.03. The van der Waals surface area contributed by atoms with E-state index in [1.165, 1.54) is 6.08 Å². The summed E-state index contributed by atoms with van der Waals surface area (Å²) in [6.07, 6.45) is 4.20. The largest absolute Gasteiger partial charge is 0.493 e. The quantitative estimate of drug-likeness (QED) is 0.762. The highest BCUT2D eigenvalue weighted by Gasteiger charge is 2.02. The van der Waals surface area contributed by atoms with Gasteiger partial charge in [0.25, 0.3) is 0 Å². The zero-order valence-corrected chi connectivity index (χ0v) is 13.8. The molecule has 0 atom stereocenters. The van der Waals surface area contributed by atoms with Crippen LogP contribution in [0.2, 0.25) is 5.02 Å². The minimum atomic E-state index is -0.171. The molecule has 0 saturated heterocycles. The molecule has 0 bridgehead atoms. The molecular weight excluding hydrogens is 310 g/mol. The van der Waals surface area contributed by atoms with Crippen molar-refractivity contribution < 1.29 is 9.53 Å². The number of hydrogen-bond donors (Lipinski definition) is 1. The minimum absolute atomic E-state index is 0.171. The smallest absolute Gasteiger partial charge is 0.244 e. The fraction of sp³-hybridized carbons (Fsp3) is 0.211. The van der Waals surface area contributed by atoms with Crippen molar-refractivity contribution in [3.8, 4) is 5.75 Å². The molecule has 0 unspecified atom stereocenters. The summed E-state index contributed by atoms with van der Waals surface area (Å²) < 4.78 is 5.66. The molecule has 2 aromatic carbocycles. The van der Waals surface area contributed by atoms with Crippen LogP contribution in [0.3, 0.4) is 0 Å². The average molecular weight is 330 g/mol. The maximum atomic E-state index is 11.9. The van der Waals surface area contributed by atoms with Crippen molar-refractivity contribution in [3.05, 3.63) is 70.8 Å². The van der Waals surface area contributed by atoms with Crippen LogP contribution in [-0.2, 0) is 11.3 Å². The van der Waals surface area contributed by atoms with Crippen LogP contribution in [0, 0.1) is 0 Å². The van der Waals surface area contributed by atoms with E-state index in [4.69, 9.17) is 16.3 Å². The SMILES string of the molecule is CCCOc1ccccc1/C=C/C(=O)NCc1ccccc1Cl. The van der Waals surface area contributed by atoms with Crippen molar-refractivity contribution in [1.82, 2.24) is 5.32 Å². The maximum absolute atomic E-state index is 11.9. The number of nitrogens with one attached hydrogen (secondary N) is 1. The molecule has 4 heteroatoms. The molecule has 2 aromatic rings. The van der Waals surface area contributed by atoms with Crippen LogP contribution in [0.4, 0.5) is 0 Å². The Labute approximate surface area is 141 Å². The van der Waals surface area contributed by atoms with Crippen LogP contribution in [0.25, 0.3) is 6.08 Å². The van der Waals surface area contributed by atoms with Crippen LogP contribution >= 0.6 is 11.6 Å². The van der Waals surface area contributed by atoms with Gasteiger partial charge in [0.05, 0.1) is 6.61 Å². The third-order valence-electron chi connectivity index (χ3n) is 3.21. The van der Waals surface area contributed by atoms with Gasteiger partial charge in [-0.05, 0) is 30.2 Å². The van der Waals surface area contributed by atoms with Gasteiger partial charge in [0.2, 0.25) is 5.91 Å². The van der Waals surface area contributed by atoms with Crippen LogP contribution in [-0.4, -0.2) is 12.5 Å². The molecule has 3 nitrogen and oxygen atoms in total. The lowest BCUT2D eigenvalue weighted by Gasteiger charge is -2.08. The Kier molecular flexibility index (Phi) is 6.70. The molecule has 0 aliphatic carbocycles. The van der Waals surface area contributed by atoms with E-state index >= 15 is 0 Å². The Hall–Kier alpha value is -2.26. The normalized spacial score (nSPS) is 10.7. The predicted octanol–water partition coefficient (Wildman–Crippen LogP) is 4.46. The Balaban J connectivity index is 1.95. The van der Waals surface area contributed by atoms with E-state index in [1.807, 2.05) is 42.5 Å². The van der Waals surface area contributed by atoms with E-state index in [9.17, 15) is 4.79 Å². The molecule has 2 rings (SSSR count). The van der Waals surface area contributed by atoms with Gasteiger partial charge in [-0.1, -0.05) is 54.9 Å². The molecule has 0 fully saturated rings. The fourth-order valence-corrected chi connectivity index (χ4v) is 2.21. The minimum Gasteiger partial charge on any atom is -0.493 e. The number of ether oxygens (including phenoxy) is 1. The first-order valence-electron chi connectivity index (χ1n) is 7.62. The average Bonchev–Trinajstić information content (AvgIpc) is 2.58. The number of para-hydroxylation sites is 1. The number of hydrogen-bond acceptors (Lipinski definition) is 2. The first kappa shape index (κ1) is 17.1. The van der Waals surface area contributed by atoms with E-state index < -0.39 is 0 Å². The number of amides is 1. The molecule has 0 aliphatic rings. The molecule has 1 amide bonds. The highest BCUT2D eigenvalue weighted by molar-refractivity contribution is 6.31. The van der Waals surface area contributed by atoms with Crippen molar-refractivity contribution in [2.45, 2.75) is 19.9 Å². The molecule has 0 saturated carbocycles. The summed E-state index contributed by atoms with van der Waals surface area (Å²) in [6, 6.07) is 15.1. The van der Waals surface area contributed by atoms with Gasteiger partial charge in [-0.25, -0.2) is 0 Å². The molecule has 0 aliphatic heterocycles. The Morgan fingerprint density at radius 2 is 1.91 bits per heavy atom. The molecular formula is C19H20ClNO2. The zero-order chi connectivity index (χ0) is 16.5. The number of carbonyl (C=O) groups excluding carboxylic acids is 1. The molecule has 0 aromatic heterocycles. The second-order valence-corrected chi connectivity index (χ2v) is 5.44. The van der Waals surface area contributed by atoms with Gasteiger partial charge >= 0.3 is 0 Å². The van der Waals surface area contributed by atoms with Crippen molar-refractivity contribution in [1.29, 1.82) is 0 Å². The second kappa shape index (κ2) is 9.01. The van der Waals surface area contributed by atoms with E-state index in [2.05, 4.69) is 12.2 Å². The third-order valence-corrected chi connectivity index (χ3v) is 3.57. The van der Waals surface area contributed by atoms with Gasteiger partial charge in [-0.15, -0.1) is 0 Å². The first-order valence-corrected chi connectivity index (χ1v) is 7.99. The van der Waals surface area contributed by atoms with Crippen LogP contribution in [0.5, 0.6) is 5.75 Å². The summed E-state index contributed by atoms with van der Waals surface area (Å²) in [6.45, 7) is 3.11. The molecule has 0 heterocycles. The summed E-state index contributed by atoms with van der Waals surface area (Å²) in [5.41, 5.74) is 1.77. The van der Waals surface area contributed by atoms with Crippen LogP contribution in [0.1, 0.15) is 24.5 Å². The van der Waals surface area contributed by atoms with Crippen LogP contribution < -0.4 is 10.1 Å². The lowest BCUT2D eigenvalue weighted by Crippen LogP contribution is -2.20. The van der Waals surface area contributed by atoms with Gasteiger partial charge in [0.15, 0.2) is 0 Å². The monoisotopic (exact) mass is 329 g/mol. The molecule has 0 spiro atoms. The van der Waals surface area contributed by atoms with E-state index in [0.29, 0.717) is 18.2 Å². The van der Waals surface area contributed by atoms with E-state index in [0.717, 1.165) is 23.3 Å². The van der Waals surface area contributed by atoms with Gasteiger partial charge in [0.1, 0.15) is 5.75 Å². The number of benzene rings is 2. The number of carbonyl (C=O) groups is 1. The molecule has 120 valence electrons. The van der Waals surface area contributed by atoms with E-state index in [1.54, 1.807) is 12.1 Å². The van der Waals surface area contributed by atoms with Crippen molar-refractivity contribution in [2.24, 2.45) is 0 Å². The maximum Gasteiger partial charge on any atom is 0.244 e. The summed E-state index contributed by atoms with van der Waals surface area (Å²) in [5, 5.41) is 3.47. The third kappa shape index (κ3) is 5.46. The van der Waals surface area contributed by atoms with Crippen LogP contribution in [0.15, 0.2) is 54.6 Å².